The van der Waals surface area contributed by atoms with Gasteiger partial charge in [0.15, 0.2) is 22.8 Å². The van der Waals surface area contributed by atoms with E-state index < -0.39 is 28.9 Å². The molecule has 1 fully saturated rings. The second-order valence-corrected chi connectivity index (χ2v) is 12.6. The minimum atomic E-state index is -1.22. The van der Waals surface area contributed by atoms with Gasteiger partial charge in [-0.3, -0.25) is 33.7 Å². The molecule has 0 bridgehead atoms. The summed E-state index contributed by atoms with van der Waals surface area (Å²) < 4.78 is 5.14. The monoisotopic (exact) mass is 695 g/mol. The van der Waals surface area contributed by atoms with Gasteiger partial charge in [0.2, 0.25) is 23.7 Å². The van der Waals surface area contributed by atoms with Gasteiger partial charge >= 0.3 is 11.9 Å². The Morgan fingerprint density at radius 1 is 1.14 bits per heavy atom. The van der Waals surface area contributed by atoms with E-state index in [1.807, 2.05) is 11.9 Å². The SMILES string of the molecule is CC(=O)NCCSC1CC(=O)N(CCOC(=O)CC[C@H](CC(=O)c2ccc(N(C)Cc3cnc4nc(N)nc(N)c4n3)cc2)C(=O)O)C1=O. The van der Waals surface area contributed by atoms with Crippen LogP contribution in [0, 0.1) is 5.92 Å². The Kier molecular flexibility index (Phi) is 12.4. The first-order valence-corrected chi connectivity index (χ1v) is 16.3. The molecule has 1 aromatic carbocycles. The molecule has 1 unspecified atom stereocenters. The van der Waals surface area contributed by atoms with E-state index in [0.717, 1.165) is 10.6 Å². The normalized spacial score (nSPS) is 14.9. The van der Waals surface area contributed by atoms with Crippen molar-refractivity contribution in [3.63, 3.8) is 0 Å². The van der Waals surface area contributed by atoms with Crippen LogP contribution < -0.4 is 21.7 Å². The van der Waals surface area contributed by atoms with Crippen LogP contribution in [0.25, 0.3) is 11.2 Å². The summed E-state index contributed by atoms with van der Waals surface area (Å²) in [5.74, 6) is -3.82. The van der Waals surface area contributed by atoms with Crippen molar-refractivity contribution in [2.75, 3.05) is 48.9 Å². The second-order valence-electron chi connectivity index (χ2n) is 11.3. The number of imide groups is 1. The van der Waals surface area contributed by atoms with Gasteiger partial charge in [0.1, 0.15) is 6.61 Å². The lowest BCUT2D eigenvalue weighted by Crippen LogP contribution is -2.35. The number of nitrogen functional groups attached to an aromatic ring is 2. The molecule has 0 saturated carbocycles. The highest BCUT2D eigenvalue weighted by Gasteiger charge is 2.38. The standard InChI is InChI=1S/C31H37N9O8S/c1-17(41)34-9-12-49-23-14-24(43)40(29(23)45)10-11-48-25(44)8-5-19(30(46)47)13-22(42)18-3-6-21(7-4-18)39(2)16-20-15-35-28-26(36-20)27(32)37-31(33)38-28/h3-4,6-7,15,19,23H,5,8-14,16H2,1-2H3,(H,34,41)(H,46,47)(H4,32,33,35,37,38)/t19-,23?/m1/s1. The van der Waals surface area contributed by atoms with Gasteiger partial charge in [-0.2, -0.15) is 9.97 Å². The lowest BCUT2D eigenvalue weighted by Gasteiger charge is -2.19. The number of benzene rings is 1. The molecule has 2 aromatic heterocycles. The summed E-state index contributed by atoms with van der Waals surface area (Å²) in [5.41, 5.74) is 13.8. The number of rotatable bonds is 17. The number of ether oxygens (including phenoxy) is 1. The van der Waals surface area contributed by atoms with Crippen molar-refractivity contribution in [3.05, 3.63) is 41.7 Å². The Labute approximate surface area is 285 Å². The molecule has 1 aliphatic heterocycles. The number of anilines is 3. The molecule has 2 atom stereocenters. The number of carbonyl (C=O) groups excluding carboxylic acids is 5. The molecule has 18 heteroatoms. The predicted molar refractivity (Wildman–Crippen MR) is 179 cm³/mol. The van der Waals surface area contributed by atoms with Gasteiger partial charge in [0.05, 0.1) is 36.1 Å². The smallest absolute Gasteiger partial charge is 0.306 e. The van der Waals surface area contributed by atoms with Gasteiger partial charge < -0.3 is 31.5 Å². The molecule has 0 radical (unpaired) electrons. The zero-order valence-corrected chi connectivity index (χ0v) is 27.8. The number of likely N-dealkylation sites (tertiary alicyclic amines) is 1. The highest BCUT2D eigenvalue weighted by atomic mass is 32.2. The van der Waals surface area contributed by atoms with Crippen LogP contribution in [0.3, 0.4) is 0 Å². The van der Waals surface area contributed by atoms with E-state index in [0.29, 0.717) is 35.6 Å². The predicted octanol–water partition coefficient (Wildman–Crippen LogP) is 0.814. The molecule has 1 saturated heterocycles. The molecule has 1 aliphatic rings. The number of nitrogens with one attached hydrogen (secondary N) is 1. The molecule has 6 N–H and O–H groups in total. The van der Waals surface area contributed by atoms with Gasteiger partial charge in [-0.1, -0.05) is 0 Å². The number of aromatic nitrogens is 4. The van der Waals surface area contributed by atoms with E-state index in [9.17, 15) is 33.9 Å². The maximum absolute atomic E-state index is 12.9. The Bertz CT molecular complexity index is 1740. The van der Waals surface area contributed by atoms with E-state index in [4.69, 9.17) is 16.2 Å². The number of nitrogens with two attached hydrogens (primary N) is 2. The first-order chi connectivity index (χ1) is 23.3. The second kappa shape index (κ2) is 16.6. The summed E-state index contributed by atoms with van der Waals surface area (Å²) in [6.45, 7) is 1.76. The maximum atomic E-state index is 12.9. The number of fused-ring (bicyclic) bond motifs is 1. The lowest BCUT2D eigenvalue weighted by molar-refractivity contribution is -0.149. The lowest BCUT2D eigenvalue weighted by atomic mass is 9.94. The number of thioether (sulfide) groups is 1. The van der Waals surface area contributed by atoms with Crippen LogP contribution in [0.2, 0.25) is 0 Å². The first-order valence-electron chi connectivity index (χ1n) is 15.3. The highest BCUT2D eigenvalue weighted by Crippen LogP contribution is 2.25. The van der Waals surface area contributed by atoms with Crippen LogP contribution in [-0.2, 0) is 35.3 Å². The molecule has 260 valence electrons. The number of carboxylic acid groups (broad SMARTS) is 1. The summed E-state index contributed by atoms with van der Waals surface area (Å²) in [5, 5.41) is 11.8. The fraction of sp³-hybridized carbons (Fsp3) is 0.419. The molecule has 0 aliphatic carbocycles. The summed E-state index contributed by atoms with van der Waals surface area (Å²) in [6, 6.07) is 6.62. The third kappa shape index (κ3) is 10.1. The number of hydrogen-bond donors (Lipinski definition) is 4. The van der Waals surface area contributed by atoms with Crippen molar-refractivity contribution in [1.29, 1.82) is 0 Å². The molecule has 49 heavy (non-hydrogen) atoms. The first kappa shape index (κ1) is 36.4. The minimum Gasteiger partial charge on any atom is -0.481 e. The summed E-state index contributed by atoms with van der Waals surface area (Å²) in [7, 11) is 1.82. The fourth-order valence-corrected chi connectivity index (χ4v) is 6.05. The number of ketones is 1. The average Bonchev–Trinajstić information content (AvgIpc) is 3.32. The molecular formula is C31H37N9O8S. The van der Waals surface area contributed by atoms with Gasteiger partial charge in [0.25, 0.3) is 0 Å². The van der Waals surface area contributed by atoms with Crippen LogP contribution in [0.4, 0.5) is 17.5 Å². The van der Waals surface area contributed by atoms with E-state index in [2.05, 4.69) is 25.3 Å². The van der Waals surface area contributed by atoms with Crippen LogP contribution >= 0.6 is 11.8 Å². The van der Waals surface area contributed by atoms with Crippen molar-refractivity contribution in [3.8, 4) is 0 Å². The van der Waals surface area contributed by atoms with Gasteiger partial charge in [-0.05, 0) is 30.7 Å². The Morgan fingerprint density at radius 3 is 2.57 bits per heavy atom. The summed E-state index contributed by atoms with van der Waals surface area (Å²) in [4.78, 5) is 92.5. The van der Waals surface area contributed by atoms with E-state index >= 15 is 0 Å². The molecule has 17 nitrogen and oxygen atoms in total. The van der Waals surface area contributed by atoms with Crippen molar-refractivity contribution in [2.24, 2.45) is 5.92 Å². The topological polar surface area (TPSA) is 254 Å². The minimum absolute atomic E-state index is 0.00109. The van der Waals surface area contributed by atoms with E-state index in [-0.39, 0.29) is 74.0 Å². The summed E-state index contributed by atoms with van der Waals surface area (Å²) in [6.07, 6.45) is 0.851. The highest BCUT2D eigenvalue weighted by molar-refractivity contribution is 8.00. The average molecular weight is 696 g/mol. The largest absolute Gasteiger partial charge is 0.481 e. The molecule has 3 amide bonds. The number of carboxylic acids is 1. The number of amides is 3. The van der Waals surface area contributed by atoms with E-state index in [1.165, 1.54) is 18.7 Å². The molecule has 3 heterocycles. The number of aliphatic carboxylic acids is 1. The quantitative estimate of drug-likeness (QED) is 0.0660. The zero-order valence-electron chi connectivity index (χ0n) is 27.0. The molecular weight excluding hydrogens is 658 g/mol. The van der Waals surface area contributed by atoms with Gasteiger partial charge in [-0.25, -0.2) is 9.97 Å². The number of nitrogens with zero attached hydrogens (tertiary/aromatic N) is 6. The fourth-order valence-electron chi connectivity index (χ4n) is 5.01. The van der Waals surface area contributed by atoms with Crippen molar-refractivity contribution >= 4 is 75.8 Å². The molecule has 4 rings (SSSR count). The maximum Gasteiger partial charge on any atom is 0.306 e. The van der Waals surface area contributed by atoms with Crippen LogP contribution in [0.5, 0.6) is 0 Å². The van der Waals surface area contributed by atoms with Crippen LogP contribution in [0.15, 0.2) is 30.5 Å². The number of Topliss-reactive ketones (excluding diaryl/α,β-unsaturated/α-hetero) is 1. The van der Waals surface area contributed by atoms with Crippen molar-refractivity contribution in [1.82, 2.24) is 30.2 Å². The zero-order chi connectivity index (χ0) is 35.7. The number of hydrogen-bond acceptors (Lipinski definition) is 15. The Morgan fingerprint density at radius 2 is 1.88 bits per heavy atom. The number of esters is 1. The van der Waals surface area contributed by atoms with Crippen molar-refractivity contribution < 1.29 is 38.6 Å². The molecule has 0 spiro atoms. The third-order valence-electron chi connectivity index (χ3n) is 7.58. The molecule has 3 aromatic rings. The van der Waals surface area contributed by atoms with Gasteiger partial charge in [-0.15, -0.1) is 11.8 Å². The van der Waals surface area contributed by atoms with Crippen LogP contribution in [-0.4, -0.2) is 103 Å². The van der Waals surface area contributed by atoms with Crippen LogP contribution in [0.1, 0.15) is 48.7 Å². The van der Waals surface area contributed by atoms with Gasteiger partial charge in [0, 0.05) is 56.8 Å². The number of carbonyl (C=O) groups is 6. The Balaban J connectivity index is 1.21. The Hall–Kier alpha value is -5.39. The third-order valence-corrected chi connectivity index (χ3v) is 8.79. The van der Waals surface area contributed by atoms with E-state index in [1.54, 1.807) is 30.5 Å². The van der Waals surface area contributed by atoms with Crippen molar-refractivity contribution in [2.45, 2.75) is 44.4 Å². The summed E-state index contributed by atoms with van der Waals surface area (Å²) >= 11 is 1.27.